The van der Waals surface area contributed by atoms with Gasteiger partial charge in [0.1, 0.15) is 5.69 Å². The van der Waals surface area contributed by atoms with Crippen LogP contribution in [0.2, 0.25) is 5.02 Å². The van der Waals surface area contributed by atoms with Crippen molar-refractivity contribution in [3.05, 3.63) is 70.4 Å². The molecule has 8 nitrogen and oxygen atoms in total. The summed E-state index contributed by atoms with van der Waals surface area (Å²) in [5.41, 5.74) is 3.72. The van der Waals surface area contributed by atoms with Gasteiger partial charge in [0.25, 0.3) is 0 Å². The standard InChI is InChI=1S/C26H24ClN3O5/c1-2-34-26(33)17-5-9-20(10-6-17)30-14-18(13-23(30)31)25(32)29-12-11-21-22(15-29)28-35-24(21)16-3-7-19(27)8-4-16/h3-10,18H,2,11-15H2,1H3. The quantitative estimate of drug-likeness (QED) is 0.497. The van der Waals surface area contributed by atoms with E-state index in [0.717, 1.165) is 16.8 Å². The smallest absolute Gasteiger partial charge is 0.338 e. The normalized spacial score (nSPS) is 17.4. The Hall–Kier alpha value is -3.65. The predicted molar refractivity (Wildman–Crippen MR) is 129 cm³/mol. The number of carbonyl (C=O) groups is 3. The van der Waals surface area contributed by atoms with E-state index in [-0.39, 0.29) is 18.2 Å². The Morgan fingerprint density at radius 2 is 1.89 bits per heavy atom. The van der Waals surface area contributed by atoms with E-state index in [2.05, 4.69) is 5.16 Å². The third-order valence-electron chi connectivity index (χ3n) is 6.42. The van der Waals surface area contributed by atoms with Crippen molar-refractivity contribution in [1.82, 2.24) is 10.1 Å². The van der Waals surface area contributed by atoms with Crippen LogP contribution in [0.25, 0.3) is 11.3 Å². The maximum atomic E-state index is 13.3. The molecule has 0 bridgehead atoms. The van der Waals surface area contributed by atoms with Gasteiger partial charge in [0, 0.05) is 41.3 Å². The van der Waals surface area contributed by atoms with Crippen LogP contribution in [0.3, 0.4) is 0 Å². The number of ether oxygens (including phenoxy) is 1. The number of amides is 2. The van der Waals surface area contributed by atoms with Gasteiger partial charge < -0.3 is 19.1 Å². The van der Waals surface area contributed by atoms with E-state index in [1.54, 1.807) is 53.1 Å². The summed E-state index contributed by atoms with van der Waals surface area (Å²) in [6, 6.07) is 14.1. The average Bonchev–Trinajstić information content (AvgIpc) is 3.47. The van der Waals surface area contributed by atoms with E-state index in [1.165, 1.54) is 0 Å². The molecule has 0 saturated carbocycles. The lowest BCUT2D eigenvalue weighted by Crippen LogP contribution is -2.40. The second-order valence-electron chi connectivity index (χ2n) is 8.63. The summed E-state index contributed by atoms with van der Waals surface area (Å²) in [5, 5.41) is 4.86. The highest BCUT2D eigenvalue weighted by Gasteiger charge is 2.38. The molecule has 0 N–H and O–H groups in total. The highest BCUT2D eigenvalue weighted by Crippen LogP contribution is 2.33. The van der Waals surface area contributed by atoms with Gasteiger partial charge in [-0.3, -0.25) is 9.59 Å². The molecule has 1 fully saturated rings. The molecule has 2 aliphatic heterocycles. The van der Waals surface area contributed by atoms with Crippen molar-refractivity contribution in [3.63, 3.8) is 0 Å². The van der Waals surface area contributed by atoms with Crippen molar-refractivity contribution in [2.75, 3.05) is 24.6 Å². The summed E-state index contributed by atoms with van der Waals surface area (Å²) in [6.07, 6.45) is 0.777. The zero-order valence-electron chi connectivity index (χ0n) is 19.2. The van der Waals surface area contributed by atoms with Crippen molar-refractivity contribution in [3.8, 4) is 11.3 Å². The summed E-state index contributed by atoms with van der Waals surface area (Å²) >= 11 is 5.99. The number of benzene rings is 2. The fourth-order valence-corrected chi connectivity index (χ4v) is 4.75. The molecule has 3 heterocycles. The molecule has 2 aliphatic rings. The first-order valence-electron chi connectivity index (χ1n) is 11.5. The Morgan fingerprint density at radius 1 is 1.14 bits per heavy atom. The number of halogens is 1. The zero-order chi connectivity index (χ0) is 24.5. The monoisotopic (exact) mass is 493 g/mol. The minimum absolute atomic E-state index is 0.0642. The van der Waals surface area contributed by atoms with E-state index < -0.39 is 11.9 Å². The lowest BCUT2D eigenvalue weighted by Gasteiger charge is -2.28. The highest BCUT2D eigenvalue weighted by molar-refractivity contribution is 6.30. The van der Waals surface area contributed by atoms with Gasteiger partial charge in [-0.2, -0.15) is 0 Å². The molecular formula is C26H24ClN3O5. The second kappa shape index (κ2) is 9.54. The van der Waals surface area contributed by atoms with Gasteiger partial charge in [0.05, 0.1) is 24.6 Å². The van der Waals surface area contributed by atoms with Gasteiger partial charge in [-0.25, -0.2) is 4.79 Å². The fourth-order valence-electron chi connectivity index (χ4n) is 4.62. The van der Waals surface area contributed by atoms with Crippen molar-refractivity contribution in [2.24, 2.45) is 5.92 Å². The number of fused-ring (bicyclic) bond motifs is 1. The molecule has 1 atom stereocenters. The van der Waals surface area contributed by atoms with Crippen LogP contribution < -0.4 is 4.90 Å². The number of hydrogen-bond donors (Lipinski definition) is 0. The maximum absolute atomic E-state index is 13.3. The average molecular weight is 494 g/mol. The van der Waals surface area contributed by atoms with E-state index in [9.17, 15) is 14.4 Å². The van der Waals surface area contributed by atoms with E-state index >= 15 is 0 Å². The Balaban J connectivity index is 1.25. The highest BCUT2D eigenvalue weighted by atomic mass is 35.5. The molecule has 180 valence electrons. The van der Waals surface area contributed by atoms with Gasteiger partial charge >= 0.3 is 5.97 Å². The van der Waals surface area contributed by atoms with Gasteiger partial charge in [-0.1, -0.05) is 16.8 Å². The van der Waals surface area contributed by atoms with E-state index in [0.29, 0.717) is 54.7 Å². The van der Waals surface area contributed by atoms with Gasteiger partial charge in [-0.15, -0.1) is 0 Å². The number of anilines is 1. The summed E-state index contributed by atoms with van der Waals surface area (Å²) in [7, 11) is 0. The summed E-state index contributed by atoms with van der Waals surface area (Å²) in [6.45, 7) is 3.23. The SMILES string of the molecule is CCOC(=O)c1ccc(N2CC(C(=O)N3CCc4c(noc4-c4ccc(Cl)cc4)C3)CC2=O)cc1. The van der Waals surface area contributed by atoms with Crippen LogP contribution in [0.15, 0.2) is 53.1 Å². The number of aromatic nitrogens is 1. The number of esters is 1. The van der Waals surface area contributed by atoms with Crippen LogP contribution in [0, 0.1) is 5.92 Å². The van der Waals surface area contributed by atoms with Crippen LogP contribution in [-0.4, -0.2) is 47.5 Å². The molecule has 1 unspecified atom stereocenters. The molecule has 1 aromatic heterocycles. The summed E-state index contributed by atoms with van der Waals surface area (Å²) < 4.78 is 10.6. The lowest BCUT2D eigenvalue weighted by molar-refractivity contribution is -0.136. The molecule has 0 radical (unpaired) electrons. The molecule has 0 spiro atoms. The first-order valence-corrected chi connectivity index (χ1v) is 11.9. The van der Waals surface area contributed by atoms with Gasteiger partial charge in [0.2, 0.25) is 11.8 Å². The molecule has 1 saturated heterocycles. The first kappa shape index (κ1) is 23.1. The van der Waals surface area contributed by atoms with Crippen LogP contribution in [0.5, 0.6) is 0 Å². The molecule has 2 amide bonds. The first-order chi connectivity index (χ1) is 16.9. The molecule has 35 heavy (non-hydrogen) atoms. The zero-order valence-corrected chi connectivity index (χ0v) is 20.0. The number of carbonyl (C=O) groups excluding carboxylic acids is 3. The topological polar surface area (TPSA) is 92.9 Å². The van der Waals surface area contributed by atoms with E-state index in [1.807, 2.05) is 12.1 Å². The van der Waals surface area contributed by atoms with Gasteiger partial charge in [-0.05, 0) is 61.9 Å². The Kier molecular flexibility index (Phi) is 6.30. The third kappa shape index (κ3) is 4.53. The van der Waals surface area contributed by atoms with Crippen LogP contribution >= 0.6 is 11.6 Å². The largest absolute Gasteiger partial charge is 0.462 e. The maximum Gasteiger partial charge on any atom is 0.338 e. The van der Waals surface area contributed by atoms with E-state index in [4.69, 9.17) is 20.9 Å². The summed E-state index contributed by atoms with van der Waals surface area (Å²) in [4.78, 5) is 41.2. The van der Waals surface area contributed by atoms with Crippen LogP contribution in [-0.2, 0) is 27.3 Å². The molecule has 3 aromatic rings. The minimum atomic E-state index is -0.434. The Labute approximate surface area is 207 Å². The minimum Gasteiger partial charge on any atom is -0.462 e. The Bertz CT molecular complexity index is 1270. The second-order valence-corrected chi connectivity index (χ2v) is 9.06. The summed E-state index contributed by atoms with van der Waals surface area (Å²) in [5.74, 6) is -0.313. The van der Waals surface area contributed by atoms with Crippen molar-refractivity contribution < 1.29 is 23.6 Å². The molecule has 9 heteroatoms. The molecule has 0 aliphatic carbocycles. The molecule has 2 aromatic carbocycles. The van der Waals surface area contributed by atoms with Crippen LogP contribution in [0.4, 0.5) is 5.69 Å². The van der Waals surface area contributed by atoms with Gasteiger partial charge in [0.15, 0.2) is 5.76 Å². The van der Waals surface area contributed by atoms with Crippen molar-refractivity contribution in [2.45, 2.75) is 26.3 Å². The molecule has 5 rings (SSSR count). The lowest BCUT2D eigenvalue weighted by atomic mass is 9.99. The fraction of sp³-hybridized carbons (Fsp3) is 0.308. The third-order valence-corrected chi connectivity index (χ3v) is 6.68. The van der Waals surface area contributed by atoms with Crippen molar-refractivity contribution >= 4 is 35.1 Å². The number of rotatable bonds is 5. The van der Waals surface area contributed by atoms with Crippen molar-refractivity contribution in [1.29, 1.82) is 0 Å². The predicted octanol–water partition coefficient (Wildman–Crippen LogP) is 4.11. The Morgan fingerprint density at radius 3 is 2.60 bits per heavy atom. The number of hydrogen-bond acceptors (Lipinski definition) is 6. The number of nitrogens with zero attached hydrogens (tertiary/aromatic N) is 3. The molecular weight excluding hydrogens is 470 g/mol. The van der Waals surface area contributed by atoms with Crippen LogP contribution in [0.1, 0.15) is 35.0 Å².